The number of nitrogens with zero attached hydrogens (tertiary/aromatic N) is 1. The first kappa shape index (κ1) is 19.1. The third-order valence-electron chi connectivity index (χ3n) is 4.49. The first-order valence-corrected chi connectivity index (χ1v) is 9.15. The Bertz CT molecular complexity index is 873. The van der Waals surface area contributed by atoms with Gasteiger partial charge in [0.2, 0.25) is 5.91 Å². The number of carbonyl (C=O) groups excluding carboxylic acids is 1. The SMILES string of the molecule is CC(C)C(=O)Nc1ccc(-n2ccc(OC3CCNCC3)cc2=O)cc1F. The molecule has 1 aliphatic heterocycles. The van der Waals surface area contributed by atoms with Crippen LogP contribution < -0.4 is 20.9 Å². The molecule has 0 unspecified atom stereocenters. The summed E-state index contributed by atoms with van der Waals surface area (Å²) in [5.41, 5.74) is 0.171. The van der Waals surface area contributed by atoms with Gasteiger partial charge in [-0.15, -0.1) is 0 Å². The highest BCUT2D eigenvalue weighted by atomic mass is 19.1. The minimum atomic E-state index is -0.594. The van der Waals surface area contributed by atoms with Crippen molar-refractivity contribution in [2.45, 2.75) is 32.8 Å². The monoisotopic (exact) mass is 373 g/mol. The van der Waals surface area contributed by atoms with Gasteiger partial charge in [0.05, 0.1) is 11.4 Å². The van der Waals surface area contributed by atoms with Crippen LogP contribution in [0.3, 0.4) is 0 Å². The van der Waals surface area contributed by atoms with Gasteiger partial charge in [-0.3, -0.25) is 14.2 Å². The fraction of sp³-hybridized carbons (Fsp3) is 0.400. The summed E-state index contributed by atoms with van der Waals surface area (Å²) in [7, 11) is 0. The number of halogens is 1. The largest absolute Gasteiger partial charge is 0.490 e. The average molecular weight is 373 g/mol. The zero-order valence-corrected chi connectivity index (χ0v) is 15.5. The molecule has 0 spiro atoms. The normalized spacial score (nSPS) is 15.0. The molecule has 1 aromatic heterocycles. The topological polar surface area (TPSA) is 72.4 Å². The molecule has 2 N–H and O–H groups in total. The Morgan fingerprint density at radius 3 is 2.63 bits per heavy atom. The smallest absolute Gasteiger partial charge is 0.258 e. The second-order valence-electron chi connectivity index (χ2n) is 6.95. The van der Waals surface area contributed by atoms with E-state index in [1.165, 1.54) is 22.8 Å². The summed E-state index contributed by atoms with van der Waals surface area (Å²) >= 11 is 0. The van der Waals surface area contributed by atoms with E-state index in [2.05, 4.69) is 10.6 Å². The number of piperidine rings is 1. The molecule has 2 aromatic rings. The number of rotatable bonds is 5. The molecular weight excluding hydrogens is 349 g/mol. The van der Waals surface area contributed by atoms with E-state index in [0.29, 0.717) is 11.4 Å². The van der Waals surface area contributed by atoms with Crippen LogP contribution in [0.2, 0.25) is 0 Å². The lowest BCUT2D eigenvalue weighted by molar-refractivity contribution is -0.118. The molecule has 0 aliphatic carbocycles. The van der Waals surface area contributed by atoms with Gasteiger partial charge in [0.25, 0.3) is 5.56 Å². The van der Waals surface area contributed by atoms with Gasteiger partial charge in [-0.25, -0.2) is 4.39 Å². The highest BCUT2D eigenvalue weighted by Gasteiger charge is 2.15. The van der Waals surface area contributed by atoms with Gasteiger partial charge in [0.1, 0.15) is 17.7 Å². The lowest BCUT2D eigenvalue weighted by atomic mass is 10.1. The first-order valence-electron chi connectivity index (χ1n) is 9.15. The van der Waals surface area contributed by atoms with E-state index >= 15 is 0 Å². The van der Waals surface area contributed by atoms with Crippen LogP contribution in [0.4, 0.5) is 10.1 Å². The molecule has 1 saturated heterocycles. The van der Waals surface area contributed by atoms with Crippen LogP contribution in [0.5, 0.6) is 5.75 Å². The van der Waals surface area contributed by atoms with Crippen LogP contribution in [-0.2, 0) is 4.79 Å². The van der Waals surface area contributed by atoms with E-state index in [9.17, 15) is 14.0 Å². The minimum absolute atomic E-state index is 0.0939. The van der Waals surface area contributed by atoms with Crippen LogP contribution in [0, 0.1) is 11.7 Å². The Labute approximate surface area is 157 Å². The minimum Gasteiger partial charge on any atom is -0.490 e. The predicted molar refractivity (Wildman–Crippen MR) is 102 cm³/mol. The number of carbonyl (C=O) groups is 1. The highest BCUT2D eigenvalue weighted by Crippen LogP contribution is 2.20. The van der Waals surface area contributed by atoms with Crippen molar-refractivity contribution >= 4 is 11.6 Å². The number of aromatic nitrogens is 1. The fourth-order valence-electron chi connectivity index (χ4n) is 2.89. The third-order valence-corrected chi connectivity index (χ3v) is 4.49. The summed E-state index contributed by atoms with van der Waals surface area (Å²) in [6.07, 6.45) is 3.47. The van der Waals surface area contributed by atoms with Gasteiger partial charge < -0.3 is 15.4 Å². The zero-order chi connectivity index (χ0) is 19.4. The Balaban J connectivity index is 1.76. The quantitative estimate of drug-likeness (QED) is 0.845. The Kier molecular flexibility index (Phi) is 5.91. The van der Waals surface area contributed by atoms with Crippen molar-refractivity contribution in [3.63, 3.8) is 0 Å². The maximum Gasteiger partial charge on any atom is 0.258 e. The zero-order valence-electron chi connectivity index (χ0n) is 15.5. The molecule has 1 aliphatic rings. The van der Waals surface area contributed by atoms with Crippen molar-refractivity contribution in [1.82, 2.24) is 9.88 Å². The molecule has 1 fully saturated rings. The molecule has 1 aromatic carbocycles. The molecule has 7 heteroatoms. The predicted octanol–water partition coefficient (Wildman–Crippen LogP) is 2.70. The fourth-order valence-corrected chi connectivity index (χ4v) is 2.89. The number of amides is 1. The van der Waals surface area contributed by atoms with Crippen LogP contribution in [0.25, 0.3) is 5.69 Å². The van der Waals surface area contributed by atoms with Crippen molar-refractivity contribution < 1.29 is 13.9 Å². The molecule has 0 radical (unpaired) electrons. The van der Waals surface area contributed by atoms with Gasteiger partial charge in [0, 0.05) is 24.2 Å². The summed E-state index contributed by atoms with van der Waals surface area (Å²) in [5, 5.41) is 5.79. The molecule has 1 amide bonds. The van der Waals surface area contributed by atoms with E-state index < -0.39 is 5.82 Å². The second kappa shape index (κ2) is 8.35. The van der Waals surface area contributed by atoms with Crippen molar-refractivity contribution in [2.24, 2.45) is 5.92 Å². The molecule has 0 saturated carbocycles. The molecule has 2 heterocycles. The van der Waals surface area contributed by atoms with Crippen molar-refractivity contribution in [3.05, 3.63) is 52.7 Å². The molecule has 144 valence electrons. The van der Waals surface area contributed by atoms with Crippen molar-refractivity contribution in [3.8, 4) is 11.4 Å². The van der Waals surface area contributed by atoms with Gasteiger partial charge in [-0.1, -0.05) is 13.8 Å². The number of pyridine rings is 1. The number of hydrogen-bond donors (Lipinski definition) is 2. The van der Waals surface area contributed by atoms with Crippen LogP contribution in [0.1, 0.15) is 26.7 Å². The molecular formula is C20H24FN3O3. The molecule has 0 atom stereocenters. The average Bonchev–Trinajstić information content (AvgIpc) is 2.64. The van der Waals surface area contributed by atoms with E-state index in [-0.39, 0.29) is 29.2 Å². The number of benzene rings is 1. The Morgan fingerprint density at radius 1 is 1.26 bits per heavy atom. The van der Waals surface area contributed by atoms with Crippen LogP contribution in [-0.4, -0.2) is 29.7 Å². The second-order valence-corrected chi connectivity index (χ2v) is 6.95. The lowest BCUT2D eigenvalue weighted by Crippen LogP contribution is -2.34. The highest BCUT2D eigenvalue weighted by molar-refractivity contribution is 5.92. The van der Waals surface area contributed by atoms with E-state index in [4.69, 9.17) is 4.74 Å². The molecule has 27 heavy (non-hydrogen) atoms. The van der Waals surface area contributed by atoms with Crippen LogP contribution in [0.15, 0.2) is 41.3 Å². The van der Waals surface area contributed by atoms with Gasteiger partial charge in [-0.05, 0) is 44.1 Å². The summed E-state index contributed by atoms with van der Waals surface area (Å²) in [5.74, 6) is -0.592. The summed E-state index contributed by atoms with van der Waals surface area (Å²) in [6.45, 7) is 5.27. The summed E-state index contributed by atoms with van der Waals surface area (Å²) < 4.78 is 21.5. The number of nitrogens with one attached hydrogen (secondary N) is 2. The standard InChI is InChI=1S/C20H24FN3O3/c1-13(2)20(26)23-18-4-3-14(11-17(18)21)24-10-7-16(12-19(24)25)27-15-5-8-22-9-6-15/h3-4,7,10-13,15,22H,5-6,8-9H2,1-2H3,(H,23,26). The van der Waals surface area contributed by atoms with Crippen LogP contribution >= 0.6 is 0 Å². The molecule has 3 rings (SSSR count). The van der Waals surface area contributed by atoms with Gasteiger partial charge >= 0.3 is 0 Å². The summed E-state index contributed by atoms with van der Waals surface area (Å²) in [6, 6.07) is 7.39. The maximum atomic E-state index is 14.3. The maximum absolute atomic E-state index is 14.3. The number of anilines is 1. The lowest BCUT2D eigenvalue weighted by Gasteiger charge is -2.23. The summed E-state index contributed by atoms with van der Waals surface area (Å²) in [4.78, 5) is 24.1. The van der Waals surface area contributed by atoms with E-state index in [0.717, 1.165) is 25.9 Å². The Morgan fingerprint density at radius 2 is 2.00 bits per heavy atom. The van der Waals surface area contributed by atoms with E-state index in [1.54, 1.807) is 32.2 Å². The van der Waals surface area contributed by atoms with E-state index in [1.807, 2.05) is 0 Å². The first-order chi connectivity index (χ1) is 12.9. The van der Waals surface area contributed by atoms with Crippen molar-refractivity contribution in [1.29, 1.82) is 0 Å². The Hall–Kier alpha value is -2.67. The van der Waals surface area contributed by atoms with Gasteiger partial charge in [-0.2, -0.15) is 0 Å². The molecule has 6 nitrogen and oxygen atoms in total. The molecule has 0 bridgehead atoms. The number of ether oxygens (including phenoxy) is 1. The van der Waals surface area contributed by atoms with Crippen molar-refractivity contribution in [2.75, 3.05) is 18.4 Å². The van der Waals surface area contributed by atoms with Gasteiger partial charge in [0.15, 0.2) is 0 Å². The third kappa shape index (κ3) is 4.74. The number of hydrogen-bond acceptors (Lipinski definition) is 4.